The van der Waals surface area contributed by atoms with Gasteiger partial charge in [0.1, 0.15) is 0 Å². The molecule has 1 aliphatic heterocycles. The molecule has 0 radical (unpaired) electrons. The number of hydrogen-bond donors (Lipinski definition) is 2. The Hall–Kier alpha value is -1.65. The lowest BCUT2D eigenvalue weighted by Gasteiger charge is -2.32. The third-order valence-electron chi connectivity index (χ3n) is 3.68. The van der Waals surface area contributed by atoms with Crippen LogP contribution in [-0.2, 0) is 4.79 Å². The lowest BCUT2D eigenvalue weighted by Crippen LogP contribution is -2.45. The van der Waals surface area contributed by atoms with E-state index in [1.807, 2.05) is 24.3 Å². The monoisotopic (exact) mass is 274 g/mol. The number of carbonyl (C=O) groups is 1. The van der Waals surface area contributed by atoms with Crippen molar-refractivity contribution in [1.29, 1.82) is 0 Å². The fourth-order valence-electron chi connectivity index (χ4n) is 2.51. The second-order valence-electron chi connectivity index (χ2n) is 5.19. The number of nitrogens with one attached hydrogen (secondary N) is 1. The molecular formula is C16H22N2O2. The van der Waals surface area contributed by atoms with Crippen molar-refractivity contribution in [3.63, 3.8) is 0 Å². The van der Waals surface area contributed by atoms with Crippen LogP contribution in [0, 0.1) is 0 Å². The van der Waals surface area contributed by atoms with Crippen LogP contribution in [-0.4, -0.2) is 41.6 Å². The normalized spacial score (nSPS) is 18.4. The number of aliphatic hydroxyl groups is 1. The Kier molecular flexibility index (Phi) is 5.32. The molecule has 1 fully saturated rings. The molecule has 4 heteroatoms. The SMILES string of the molecule is C=CCN1CCC(NC(=O)C(O)c2ccccc2)CC1. The van der Waals surface area contributed by atoms with Gasteiger partial charge in [0.2, 0.25) is 0 Å². The molecule has 0 aromatic heterocycles. The smallest absolute Gasteiger partial charge is 0.253 e. The van der Waals surface area contributed by atoms with Gasteiger partial charge in [-0.3, -0.25) is 9.69 Å². The summed E-state index contributed by atoms with van der Waals surface area (Å²) in [7, 11) is 0. The van der Waals surface area contributed by atoms with Crippen LogP contribution in [0.4, 0.5) is 0 Å². The van der Waals surface area contributed by atoms with Gasteiger partial charge in [-0.15, -0.1) is 6.58 Å². The highest BCUT2D eigenvalue weighted by Gasteiger charge is 2.23. The first-order chi connectivity index (χ1) is 9.70. The van der Waals surface area contributed by atoms with E-state index in [1.165, 1.54) is 0 Å². The van der Waals surface area contributed by atoms with Gasteiger partial charge in [0, 0.05) is 25.7 Å². The van der Waals surface area contributed by atoms with E-state index in [4.69, 9.17) is 0 Å². The number of rotatable bonds is 5. The first-order valence-electron chi connectivity index (χ1n) is 7.07. The molecule has 108 valence electrons. The van der Waals surface area contributed by atoms with E-state index >= 15 is 0 Å². The summed E-state index contributed by atoms with van der Waals surface area (Å²) in [6.45, 7) is 6.54. The molecule has 0 saturated carbocycles. The molecule has 2 rings (SSSR count). The third kappa shape index (κ3) is 3.92. The van der Waals surface area contributed by atoms with E-state index in [0.717, 1.165) is 32.5 Å². The molecule has 1 heterocycles. The van der Waals surface area contributed by atoms with Crippen molar-refractivity contribution in [3.05, 3.63) is 48.6 Å². The van der Waals surface area contributed by atoms with Gasteiger partial charge in [0.25, 0.3) is 5.91 Å². The molecule has 1 aromatic rings. The molecule has 1 aliphatic rings. The van der Waals surface area contributed by atoms with Gasteiger partial charge in [-0.1, -0.05) is 36.4 Å². The molecule has 4 nitrogen and oxygen atoms in total. The van der Waals surface area contributed by atoms with E-state index in [2.05, 4.69) is 16.8 Å². The van der Waals surface area contributed by atoms with E-state index in [-0.39, 0.29) is 11.9 Å². The highest BCUT2D eigenvalue weighted by Crippen LogP contribution is 2.15. The Morgan fingerprint density at radius 1 is 1.40 bits per heavy atom. The van der Waals surface area contributed by atoms with Crippen LogP contribution < -0.4 is 5.32 Å². The van der Waals surface area contributed by atoms with Crippen molar-refractivity contribution in [1.82, 2.24) is 10.2 Å². The fraction of sp³-hybridized carbons (Fsp3) is 0.438. The molecule has 1 unspecified atom stereocenters. The number of benzene rings is 1. The maximum Gasteiger partial charge on any atom is 0.253 e. The number of amides is 1. The number of nitrogens with zero attached hydrogens (tertiary/aromatic N) is 1. The van der Waals surface area contributed by atoms with Crippen molar-refractivity contribution in [2.45, 2.75) is 25.0 Å². The predicted molar refractivity (Wildman–Crippen MR) is 79.2 cm³/mol. The Bertz CT molecular complexity index is 439. The Labute approximate surface area is 120 Å². The summed E-state index contributed by atoms with van der Waals surface area (Å²) >= 11 is 0. The summed E-state index contributed by atoms with van der Waals surface area (Å²) in [4.78, 5) is 14.3. The predicted octanol–water partition coefficient (Wildman–Crippen LogP) is 1.49. The summed E-state index contributed by atoms with van der Waals surface area (Å²) in [5.41, 5.74) is 0.633. The van der Waals surface area contributed by atoms with Gasteiger partial charge in [-0.25, -0.2) is 0 Å². The summed E-state index contributed by atoms with van der Waals surface area (Å²) < 4.78 is 0. The van der Waals surface area contributed by atoms with Crippen molar-refractivity contribution in [2.24, 2.45) is 0 Å². The standard InChI is InChI=1S/C16H22N2O2/c1-2-10-18-11-8-14(9-12-18)17-16(20)15(19)13-6-4-3-5-7-13/h2-7,14-15,19H,1,8-12H2,(H,17,20). The van der Waals surface area contributed by atoms with E-state index in [1.54, 1.807) is 12.1 Å². The van der Waals surface area contributed by atoms with Crippen molar-refractivity contribution in [2.75, 3.05) is 19.6 Å². The number of piperidine rings is 1. The maximum atomic E-state index is 12.0. The number of aliphatic hydroxyl groups excluding tert-OH is 1. The molecule has 0 aliphatic carbocycles. The van der Waals surface area contributed by atoms with E-state index in [0.29, 0.717) is 5.56 Å². The molecule has 2 N–H and O–H groups in total. The lowest BCUT2D eigenvalue weighted by molar-refractivity contribution is -0.130. The highest BCUT2D eigenvalue weighted by atomic mass is 16.3. The zero-order valence-corrected chi connectivity index (χ0v) is 11.7. The number of hydrogen-bond acceptors (Lipinski definition) is 3. The fourth-order valence-corrected chi connectivity index (χ4v) is 2.51. The van der Waals surface area contributed by atoms with E-state index < -0.39 is 6.10 Å². The van der Waals surface area contributed by atoms with Crippen LogP contribution >= 0.6 is 0 Å². The molecule has 1 atom stereocenters. The molecule has 1 saturated heterocycles. The minimum absolute atomic E-state index is 0.155. The van der Waals surface area contributed by atoms with Gasteiger partial charge < -0.3 is 10.4 Å². The van der Waals surface area contributed by atoms with Gasteiger partial charge in [-0.05, 0) is 18.4 Å². The molecule has 0 bridgehead atoms. The van der Waals surface area contributed by atoms with Gasteiger partial charge in [0.05, 0.1) is 0 Å². The Morgan fingerprint density at radius 3 is 2.65 bits per heavy atom. The first-order valence-corrected chi connectivity index (χ1v) is 7.07. The van der Waals surface area contributed by atoms with Gasteiger partial charge in [0.15, 0.2) is 6.10 Å². The average molecular weight is 274 g/mol. The Morgan fingerprint density at radius 2 is 2.05 bits per heavy atom. The average Bonchev–Trinajstić information content (AvgIpc) is 2.49. The van der Waals surface area contributed by atoms with Crippen LogP contribution in [0.2, 0.25) is 0 Å². The number of carbonyl (C=O) groups excluding carboxylic acids is 1. The summed E-state index contributed by atoms with van der Waals surface area (Å²) in [5, 5.41) is 13.0. The summed E-state index contributed by atoms with van der Waals surface area (Å²) in [6, 6.07) is 9.18. The number of likely N-dealkylation sites (tertiary alicyclic amines) is 1. The maximum absolute atomic E-state index is 12.0. The molecular weight excluding hydrogens is 252 g/mol. The molecule has 20 heavy (non-hydrogen) atoms. The minimum Gasteiger partial charge on any atom is -0.378 e. The lowest BCUT2D eigenvalue weighted by atomic mass is 10.0. The summed E-state index contributed by atoms with van der Waals surface area (Å²) in [6.07, 6.45) is 2.66. The second kappa shape index (κ2) is 7.22. The second-order valence-corrected chi connectivity index (χ2v) is 5.19. The van der Waals surface area contributed by atoms with Crippen molar-refractivity contribution in [3.8, 4) is 0 Å². The summed E-state index contributed by atoms with van der Waals surface area (Å²) in [5.74, 6) is -0.307. The first kappa shape index (κ1) is 14.8. The van der Waals surface area contributed by atoms with Crippen LogP contribution in [0.3, 0.4) is 0 Å². The van der Waals surface area contributed by atoms with E-state index in [9.17, 15) is 9.90 Å². The van der Waals surface area contributed by atoms with Gasteiger partial charge >= 0.3 is 0 Å². The molecule has 1 amide bonds. The van der Waals surface area contributed by atoms with Gasteiger partial charge in [-0.2, -0.15) is 0 Å². The Balaban J connectivity index is 1.82. The largest absolute Gasteiger partial charge is 0.378 e. The van der Waals surface area contributed by atoms with Crippen LogP contribution in [0.15, 0.2) is 43.0 Å². The van der Waals surface area contributed by atoms with Crippen molar-refractivity contribution < 1.29 is 9.90 Å². The topological polar surface area (TPSA) is 52.6 Å². The van der Waals surface area contributed by atoms with Crippen LogP contribution in [0.5, 0.6) is 0 Å². The zero-order chi connectivity index (χ0) is 14.4. The zero-order valence-electron chi connectivity index (χ0n) is 11.7. The minimum atomic E-state index is -1.08. The molecule has 0 spiro atoms. The van der Waals surface area contributed by atoms with Crippen LogP contribution in [0.25, 0.3) is 0 Å². The quantitative estimate of drug-likeness (QED) is 0.800. The van der Waals surface area contributed by atoms with Crippen LogP contribution in [0.1, 0.15) is 24.5 Å². The third-order valence-corrected chi connectivity index (χ3v) is 3.68. The van der Waals surface area contributed by atoms with Crippen molar-refractivity contribution >= 4 is 5.91 Å². The molecule has 1 aromatic carbocycles. The highest BCUT2D eigenvalue weighted by molar-refractivity contribution is 5.82.